The van der Waals surface area contributed by atoms with Crippen LogP contribution in [0.1, 0.15) is 86.6 Å². The van der Waals surface area contributed by atoms with E-state index < -0.39 is 27.8 Å². The lowest BCUT2D eigenvalue weighted by Gasteiger charge is -2.44. The Hall–Kier alpha value is -2.37. The molecule has 0 saturated heterocycles. The highest BCUT2D eigenvalue weighted by Crippen LogP contribution is 2.49. The van der Waals surface area contributed by atoms with Crippen LogP contribution in [0.5, 0.6) is 11.5 Å². The van der Waals surface area contributed by atoms with Gasteiger partial charge in [0.05, 0.1) is 5.56 Å². The Labute approximate surface area is 195 Å². The quantitative estimate of drug-likeness (QED) is 0.346. The summed E-state index contributed by atoms with van der Waals surface area (Å²) in [7, 11) is 0. The van der Waals surface area contributed by atoms with Gasteiger partial charge < -0.3 is 15.3 Å². The zero-order chi connectivity index (χ0) is 24.4. The number of aliphatic hydroxyl groups is 1. The fourth-order valence-electron chi connectivity index (χ4n) is 3.82. The summed E-state index contributed by atoms with van der Waals surface area (Å²) in [6.07, 6.45) is 6.86. The van der Waals surface area contributed by atoms with Crippen LogP contribution in [0.2, 0.25) is 0 Å². The first-order chi connectivity index (χ1) is 14.8. The van der Waals surface area contributed by atoms with Crippen LogP contribution in [0.4, 0.5) is 0 Å². The minimum atomic E-state index is -2.24. The molecule has 3 N–H and O–H groups in total. The highest BCUT2D eigenvalue weighted by atomic mass is 35.5. The van der Waals surface area contributed by atoms with E-state index in [1.54, 1.807) is 12.2 Å². The van der Waals surface area contributed by atoms with Crippen molar-refractivity contribution in [2.75, 3.05) is 0 Å². The summed E-state index contributed by atoms with van der Waals surface area (Å²) in [5, 5.41) is 32.3. The summed E-state index contributed by atoms with van der Waals surface area (Å²) >= 11 is 6.82. The molecule has 1 aliphatic rings. The molecule has 0 heterocycles. The lowest BCUT2D eigenvalue weighted by molar-refractivity contribution is 0.00725. The van der Waals surface area contributed by atoms with Crippen molar-refractivity contribution in [1.82, 2.24) is 0 Å². The molecule has 0 amide bonds. The van der Waals surface area contributed by atoms with Crippen molar-refractivity contribution in [3.63, 3.8) is 0 Å². The van der Waals surface area contributed by atoms with Crippen LogP contribution < -0.4 is 0 Å². The standard InChI is InChI=1S/C26H33ClO5/c1-15(2)8-7-9-17(5)11-13-26(32)23(30)19-14-20(28)18(6)22(29)21(19)24(31)25(26,27)12-10-16(3)4/h8,10-11,14,28-29,32H,7,9,12-13H2,1-6H3/b17-11+/t25-,26-/m1/s1. The second-order valence-electron chi connectivity index (χ2n) is 9.17. The monoisotopic (exact) mass is 460 g/mol. The average molecular weight is 461 g/mol. The van der Waals surface area contributed by atoms with E-state index in [1.807, 2.05) is 34.6 Å². The maximum absolute atomic E-state index is 13.5. The molecule has 5 nitrogen and oxygen atoms in total. The second-order valence-corrected chi connectivity index (χ2v) is 9.82. The predicted octanol–water partition coefficient (Wildman–Crippen LogP) is 5.93. The molecule has 1 aliphatic carbocycles. The molecule has 0 spiro atoms. The van der Waals surface area contributed by atoms with Gasteiger partial charge >= 0.3 is 0 Å². The fourth-order valence-corrected chi connectivity index (χ4v) is 4.16. The van der Waals surface area contributed by atoms with Crippen molar-refractivity contribution in [1.29, 1.82) is 0 Å². The van der Waals surface area contributed by atoms with E-state index in [2.05, 4.69) is 6.08 Å². The van der Waals surface area contributed by atoms with Gasteiger partial charge in [-0.2, -0.15) is 0 Å². The number of alkyl halides is 1. The van der Waals surface area contributed by atoms with Gasteiger partial charge in [-0.1, -0.05) is 34.9 Å². The fraction of sp³-hybridized carbons (Fsp3) is 0.462. The Balaban J connectivity index is 2.62. The number of aromatic hydroxyl groups is 2. The Morgan fingerprint density at radius 3 is 2.12 bits per heavy atom. The molecule has 1 aromatic rings. The highest BCUT2D eigenvalue weighted by Gasteiger charge is 2.62. The van der Waals surface area contributed by atoms with Crippen molar-refractivity contribution in [3.8, 4) is 11.5 Å². The first-order valence-corrected chi connectivity index (χ1v) is 11.1. The SMILES string of the molecule is CC(C)=CCC/C(C)=C/C[C@@]1(O)C(=O)c2cc(O)c(C)c(O)c2C(=O)[C@]1(Cl)CC=C(C)C. The van der Waals surface area contributed by atoms with Crippen molar-refractivity contribution >= 4 is 23.2 Å². The van der Waals surface area contributed by atoms with E-state index in [-0.39, 0.29) is 35.3 Å². The number of carbonyl (C=O) groups excluding carboxylic acids is 2. The van der Waals surface area contributed by atoms with Gasteiger partial charge in [-0.05, 0) is 66.9 Å². The average Bonchev–Trinajstić information content (AvgIpc) is 2.71. The molecule has 1 aromatic carbocycles. The number of carbonyl (C=O) groups is 2. The molecule has 2 atom stereocenters. The molecule has 0 unspecified atom stereocenters. The molecule has 0 aliphatic heterocycles. The summed E-state index contributed by atoms with van der Waals surface area (Å²) in [6, 6.07) is 1.12. The molecule has 32 heavy (non-hydrogen) atoms. The maximum atomic E-state index is 13.5. The number of Topliss-reactive ketones (excluding diaryl/α,β-unsaturated/α-hetero) is 2. The first-order valence-electron chi connectivity index (χ1n) is 10.7. The third kappa shape index (κ3) is 4.69. The molecule has 0 aromatic heterocycles. The second kappa shape index (κ2) is 9.63. The van der Waals surface area contributed by atoms with Crippen LogP contribution in [-0.4, -0.2) is 37.4 Å². The highest BCUT2D eigenvalue weighted by molar-refractivity contribution is 6.44. The number of phenols is 2. The zero-order valence-electron chi connectivity index (χ0n) is 19.7. The largest absolute Gasteiger partial charge is 0.508 e. The summed E-state index contributed by atoms with van der Waals surface area (Å²) in [5.41, 5.74) is 0.398. The topological polar surface area (TPSA) is 94.8 Å². The van der Waals surface area contributed by atoms with E-state index in [9.17, 15) is 24.9 Å². The molecule has 0 fully saturated rings. The molecule has 174 valence electrons. The van der Waals surface area contributed by atoms with E-state index in [4.69, 9.17) is 11.6 Å². The number of hydrogen-bond acceptors (Lipinski definition) is 5. The van der Waals surface area contributed by atoms with Crippen LogP contribution in [0.25, 0.3) is 0 Å². The number of allylic oxidation sites excluding steroid dienone is 5. The van der Waals surface area contributed by atoms with Crippen LogP contribution in [-0.2, 0) is 0 Å². The van der Waals surface area contributed by atoms with Crippen LogP contribution in [0, 0.1) is 6.92 Å². The van der Waals surface area contributed by atoms with Gasteiger partial charge in [0, 0.05) is 17.5 Å². The molecule has 0 saturated carbocycles. The first kappa shape index (κ1) is 25.9. The summed E-state index contributed by atoms with van der Waals surface area (Å²) in [5.74, 6) is -2.34. The third-order valence-electron chi connectivity index (χ3n) is 6.02. The van der Waals surface area contributed by atoms with Crippen LogP contribution in [0.15, 0.2) is 41.0 Å². The van der Waals surface area contributed by atoms with Crippen molar-refractivity contribution in [3.05, 3.63) is 57.7 Å². The molecular formula is C26H33ClO5. The minimum Gasteiger partial charge on any atom is -0.508 e. The molecule has 6 heteroatoms. The summed E-state index contributed by atoms with van der Waals surface area (Å²) in [4.78, 5) is 25.1. The number of phenolic OH excluding ortho intramolecular Hbond substituents is 2. The number of fused-ring (bicyclic) bond motifs is 1. The third-order valence-corrected chi connectivity index (χ3v) is 6.66. The van der Waals surface area contributed by atoms with Gasteiger partial charge in [0.15, 0.2) is 17.2 Å². The van der Waals surface area contributed by atoms with Gasteiger partial charge in [-0.3, -0.25) is 9.59 Å². The van der Waals surface area contributed by atoms with E-state index in [1.165, 1.54) is 12.5 Å². The van der Waals surface area contributed by atoms with Crippen molar-refractivity contribution in [2.45, 2.75) is 77.7 Å². The molecule has 0 bridgehead atoms. The minimum absolute atomic E-state index is 0.0755. The zero-order valence-corrected chi connectivity index (χ0v) is 20.4. The lowest BCUT2D eigenvalue weighted by atomic mass is 9.66. The van der Waals surface area contributed by atoms with Gasteiger partial charge in [-0.25, -0.2) is 0 Å². The van der Waals surface area contributed by atoms with Crippen LogP contribution in [0.3, 0.4) is 0 Å². The molecular weight excluding hydrogens is 428 g/mol. The molecule has 2 rings (SSSR count). The van der Waals surface area contributed by atoms with E-state index in [0.29, 0.717) is 0 Å². The number of halogens is 1. The maximum Gasteiger partial charge on any atom is 0.197 e. The smallest absolute Gasteiger partial charge is 0.197 e. The van der Waals surface area contributed by atoms with Crippen LogP contribution >= 0.6 is 11.6 Å². The number of hydrogen-bond donors (Lipinski definition) is 3. The van der Waals surface area contributed by atoms with Gasteiger partial charge in [0.25, 0.3) is 0 Å². The molecule has 0 radical (unpaired) electrons. The van der Waals surface area contributed by atoms with E-state index in [0.717, 1.165) is 30.1 Å². The van der Waals surface area contributed by atoms with Gasteiger partial charge in [-0.15, -0.1) is 11.6 Å². The number of ketones is 2. The lowest BCUT2D eigenvalue weighted by Crippen LogP contribution is -2.63. The Bertz CT molecular complexity index is 1030. The normalized spacial score (nSPS) is 23.1. The number of rotatable bonds is 7. The Kier molecular flexibility index (Phi) is 7.79. The Morgan fingerprint density at radius 1 is 0.969 bits per heavy atom. The van der Waals surface area contributed by atoms with Crippen molar-refractivity contribution in [2.24, 2.45) is 0 Å². The van der Waals surface area contributed by atoms with E-state index >= 15 is 0 Å². The predicted molar refractivity (Wildman–Crippen MR) is 128 cm³/mol. The summed E-state index contributed by atoms with van der Waals surface area (Å²) < 4.78 is 0. The van der Waals surface area contributed by atoms with Gasteiger partial charge in [0.1, 0.15) is 16.4 Å². The summed E-state index contributed by atoms with van der Waals surface area (Å²) in [6.45, 7) is 11.0. The Morgan fingerprint density at radius 2 is 1.56 bits per heavy atom. The van der Waals surface area contributed by atoms with Crippen molar-refractivity contribution < 1.29 is 24.9 Å². The van der Waals surface area contributed by atoms with Gasteiger partial charge in [0.2, 0.25) is 0 Å². The number of benzene rings is 1.